The summed E-state index contributed by atoms with van der Waals surface area (Å²) in [6, 6.07) is 21.3. The maximum Gasteiger partial charge on any atom is 0.343 e. The van der Waals surface area contributed by atoms with Crippen molar-refractivity contribution in [1.82, 2.24) is 0 Å². The van der Waals surface area contributed by atoms with E-state index in [-0.39, 0.29) is 5.91 Å². The van der Waals surface area contributed by atoms with Crippen LogP contribution in [0.25, 0.3) is 5.57 Å². The van der Waals surface area contributed by atoms with Crippen LogP contribution in [0.4, 0.5) is 5.69 Å². The SMILES string of the molecule is COc1ccc(C(=O)N2c3ccc(OC(=O)c4ccccc4)cc3C(C)=CC2(C)C)cc1. The predicted molar refractivity (Wildman–Crippen MR) is 125 cm³/mol. The van der Waals surface area contributed by atoms with Gasteiger partial charge < -0.3 is 9.47 Å². The van der Waals surface area contributed by atoms with Crippen LogP contribution in [0.15, 0.2) is 78.9 Å². The third kappa shape index (κ3) is 4.02. The number of carbonyl (C=O) groups is 2. The fourth-order valence-electron chi connectivity index (χ4n) is 4.05. The van der Waals surface area contributed by atoms with E-state index in [1.54, 1.807) is 66.6 Å². The molecule has 3 aromatic rings. The van der Waals surface area contributed by atoms with E-state index in [2.05, 4.69) is 6.08 Å². The van der Waals surface area contributed by atoms with Crippen LogP contribution in [-0.4, -0.2) is 24.5 Å². The molecule has 0 saturated heterocycles. The molecule has 0 fully saturated rings. The van der Waals surface area contributed by atoms with Crippen LogP contribution < -0.4 is 14.4 Å². The maximum atomic E-state index is 13.5. The number of methoxy groups -OCH3 is 1. The predicted octanol–water partition coefficient (Wildman–Crippen LogP) is 5.76. The number of amides is 1. The number of allylic oxidation sites excluding steroid dienone is 1. The molecule has 3 aromatic carbocycles. The van der Waals surface area contributed by atoms with E-state index in [4.69, 9.17) is 9.47 Å². The number of hydrogen-bond donors (Lipinski definition) is 0. The molecule has 0 atom stereocenters. The van der Waals surface area contributed by atoms with Crippen molar-refractivity contribution in [2.75, 3.05) is 12.0 Å². The van der Waals surface area contributed by atoms with Gasteiger partial charge in [-0.15, -0.1) is 0 Å². The van der Waals surface area contributed by atoms with E-state index in [9.17, 15) is 9.59 Å². The molecular formula is C27H25NO4. The number of carbonyl (C=O) groups excluding carboxylic acids is 2. The van der Waals surface area contributed by atoms with Crippen molar-refractivity contribution in [3.8, 4) is 11.5 Å². The van der Waals surface area contributed by atoms with Gasteiger partial charge in [-0.25, -0.2) is 4.79 Å². The zero-order valence-electron chi connectivity index (χ0n) is 18.6. The second-order valence-corrected chi connectivity index (χ2v) is 8.28. The van der Waals surface area contributed by atoms with Gasteiger partial charge in [0.05, 0.1) is 23.9 Å². The van der Waals surface area contributed by atoms with Gasteiger partial charge in [0.15, 0.2) is 0 Å². The molecule has 5 nitrogen and oxygen atoms in total. The molecule has 4 rings (SSSR count). The van der Waals surface area contributed by atoms with Crippen LogP contribution >= 0.6 is 0 Å². The first-order valence-corrected chi connectivity index (χ1v) is 10.4. The van der Waals surface area contributed by atoms with Gasteiger partial charge in [-0.05, 0) is 80.9 Å². The number of rotatable bonds is 4. The Labute approximate surface area is 187 Å². The highest BCUT2D eigenvalue weighted by molar-refractivity contribution is 6.10. The summed E-state index contributed by atoms with van der Waals surface area (Å²) in [5.74, 6) is 0.591. The third-order valence-corrected chi connectivity index (χ3v) is 5.54. The van der Waals surface area contributed by atoms with Crippen molar-refractivity contribution < 1.29 is 19.1 Å². The number of fused-ring (bicyclic) bond motifs is 1. The van der Waals surface area contributed by atoms with Crippen molar-refractivity contribution in [2.45, 2.75) is 26.3 Å². The summed E-state index contributed by atoms with van der Waals surface area (Å²) in [6.07, 6.45) is 2.06. The minimum absolute atomic E-state index is 0.114. The molecule has 1 heterocycles. The summed E-state index contributed by atoms with van der Waals surface area (Å²) in [5.41, 5.74) is 3.16. The lowest BCUT2D eigenvalue weighted by atomic mass is 9.88. The Morgan fingerprint density at radius 3 is 2.16 bits per heavy atom. The summed E-state index contributed by atoms with van der Waals surface area (Å²) >= 11 is 0. The smallest absolute Gasteiger partial charge is 0.343 e. The minimum atomic E-state index is -0.531. The van der Waals surface area contributed by atoms with Crippen molar-refractivity contribution in [1.29, 1.82) is 0 Å². The summed E-state index contributed by atoms with van der Waals surface area (Å²) in [4.78, 5) is 27.7. The normalized spacial score (nSPS) is 14.2. The van der Waals surface area contributed by atoms with Gasteiger partial charge in [-0.1, -0.05) is 24.3 Å². The molecule has 5 heteroatoms. The Bertz CT molecular complexity index is 1190. The number of anilines is 1. The van der Waals surface area contributed by atoms with Crippen LogP contribution in [0.1, 0.15) is 47.1 Å². The van der Waals surface area contributed by atoms with Crippen LogP contribution in [0.5, 0.6) is 11.5 Å². The molecule has 0 radical (unpaired) electrons. The van der Waals surface area contributed by atoms with Crippen LogP contribution in [-0.2, 0) is 0 Å². The molecule has 1 aliphatic rings. The lowest BCUT2D eigenvalue weighted by Gasteiger charge is -2.41. The molecular weight excluding hydrogens is 402 g/mol. The molecule has 32 heavy (non-hydrogen) atoms. The van der Waals surface area contributed by atoms with Gasteiger partial charge in [0.1, 0.15) is 11.5 Å². The molecule has 0 unspecified atom stereocenters. The Kier molecular flexibility index (Phi) is 5.57. The zero-order chi connectivity index (χ0) is 22.9. The largest absolute Gasteiger partial charge is 0.497 e. The number of ether oxygens (including phenoxy) is 2. The highest BCUT2D eigenvalue weighted by atomic mass is 16.5. The second-order valence-electron chi connectivity index (χ2n) is 8.28. The highest BCUT2D eigenvalue weighted by Crippen LogP contribution is 2.41. The van der Waals surface area contributed by atoms with E-state index in [1.807, 2.05) is 39.0 Å². The molecule has 1 aliphatic heterocycles. The van der Waals surface area contributed by atoms with Crippen molar-refractivity contribution in [3.05, 3.63) is 95.6 Å². The molecule has 0 aromatic heterocycles. The van der Waals surface area contributed by atoms with Gasteiger partial charge in [-0.2, -0.15) is 0 Å². The number of nitrogens with zero attached hydrogens (tertiary/aromatic N) is 1. The molecule has 0 N–H and O–H groups in total. The summed E-state index contributed by atoms with van der Waals surface area (Å²) < 4.78 is 10.8. The Morgan fingerprint density at radius 2 is 1.50 bits per heavy atom. The fraction of sp³-hybridized carbons (Fsp3) is 0.185. The summed E-state index contributed by atoms with van der Waals surface area (Å²) in [5, 5.41) is 0. The number of hydrogen-bond acceptors (Lipinski definition) is 4. The van der Waals surface area contributed by atoms with E-state index < -0.39 is 11.5 Å². The maximum absolute atomic E-state index is 13.5. The topological polar surface area (TPSA) is 55.8 Å². The Hall–Kier alpha value is -3.86. The highest BCUT2D eigenvalue weighted by Gasteiger charge is 2.36. The Balaban J connectivity index is 1.69. The first kappa shape index (κ1) is 21.4. The van der Waals surface area contributed by atoms with Crippen molar-refractivity contribution in [2.24, 2.45) is 0 Å². The van der Waals surface area contributed by atoms with Crippen LogP contribution in [0, 0.1) is 0 Å². The average molecular weight is 428 g/mol. The standard InChI is InChI=1S/C27H25NO4/c1-18-17-27(2,3)28(25(29)19-10-12-21(31-4)13-11-19)24-15-14-22(16-23(18)24)32-26(30)20-8-6-5-7-9-20/h5-17H,1-4H3. The van der Waals surface area contributed by atoms with Gasteiger partial charge in [0.25, 0.3) is 5.91 Å². The number of benzene rings is 3. The molecule has 0 saturated carbocycles. The van der Waals surface area contributed by atoms with Gasteiger partial charge in [0.2, 0.25) is 0 Å². The van der Waals surface area contributed by atoms with E-state index in [0.717, 1.165) is 16.8 Å². The molecule has 0 spiro atoms. The lowest BCUT2D eigenvalue weighted by molar-refractivity contribution is 0.0734. The molecule has 0 aliphatic carbocycles. The molecule has 1 amide bonds. The van der Waals surface area contributed by atoms with Gasteiger partial charge in [-0.3, -0.25) is 9.69 Å². The zero-order valence-corrected chi connectivity index (χ0v) is 18.6. The average Bonchev–Trinajstić information content (AvgIpc) is 2.79. The number of esters is 1. The first-order chi connectivity index (χ1) is 15.3. The Morgan fingerprint density at radius 1 is 0.844 bits per heavy atom. The second kappa shape index (κ2) is 8.35. The quantitative estimate of drug-likeness (QED) is 0.393. The summed E-state index contributed by atoms with van der Waals surface area (Å²) in [6.45, 7) is 6.01. The van der Waals surface area contributed by atoms with Crippen LogP contribution in [0.3, 0.4) is 0 Å². The van der Waals surface area contributed by atoms with Gasteiger partial charge in [0, 0.05) is 11.1 Å². The minimum Gasteiger partial charge on any atom is -0.497 e. The van der Waals surface area contributed by atoms with Gasteiger partial charge >= 0.3 is 5.97 Å². The monoisotopic (exact) mass is 427 g/mol. The van der Waals surface area contributed by atoms with E-state index in [1.165, 1.54) is 0 Å². The fourth-order valence-corrected chi connectivity index (χ4v) is 4.05. The van der Waals surface area contributed by atoms with E-state index in [0.29, 0.717) is 22.6 Å². The molecule has 0 bridgehead atoms. The van der Waals surface area contributed by atoms with Crippen molar-refractivity contribution >= 4 is 23.1 Å². The third-order valence-electron chi connectivity index (χ3n) is 5.54. The lowest BCUT2D eigenvalue weighted by Crippen LogP contribution is -2.49. The van der Waals surface area contributed by atoms with Crippen molar-refractivity contribution in [3.63, 3.8) is 0 Å². The molecule has 162 valence electrons. The van der Waals surface area contributed by atoms with Crippen LogP contribution in [0.2, 0.25) is 0 Å². The summed E-state index contributed by atoms with van der Waals surface area (Å²) in [7, 11) is 1.59. The van der Waals surface area contributed by atoms with E-state index >= 15 is 0 Å². The first-order valence-electron chi connectivity index (χ1n) is 10.4.